The third-order valence-electron chi connectivity index (χ3n) is 6.94. The summed E-state index contributed by atoms with van der Waals surface area (Å²) in [6.07, 6.45) is 1.99. The molecule has 7 heteroatoms. The second-order valence-corrected chi connectivity index (χ2v) is 8.95. The average molecular weight is 431 g/mol. The number of hydrogen-bond acceptors (Lipinski definition) is 3. The summed E-state index contributed by atoms with van der Waals surface area (Å²) in [5.74, 6) is 0.0618. The lowest BCUT2D eigenvalue weighted by atomic mass is 9.71. The molecule has 3 heterocycles. The molecular formula is C25H26N4O3. The summed E-state index contributed by atoms with van der Waals surface area (Å²) in [5, 5.41) is 6.93. The standard InChI is InChI=1S/C25H26N4O3/c1-16-13-18-14-19(7-8-21(18)28(2)22(16)30)26-24(32)29-11-9-25(10-12-29)15-17-5-3-4-6-20(17)27-23(25)31/h3-8,13-14H,9-12,15H2,1-2H3,(H,26,32)(H,27,31). The van der Waals surface area contributed by atoms with Gasteiger partial charge in [0.05, 0.1) is 10.9 Å². The van der Waals surface area contributed by atoms with Crippen molar-refractivity contribution in [1.82, 2.24) is 9.47 Å². The van der Waals surface area contributed by atoms with Gasteiger partial charge in [-0.05, 0) is 62.1 Å². The van der Waals surface area contributed by atoms with Crippen LogP contribution in [0.25, 0.3) is 10.9 Å². The molecule has 3 amide bonds. The van der Waals surface area contributed by atoms with Gasteiger partial charge in [0.2, 0.25) is 5.91 Å². The first-order valence-electron chi connectivity index (χ1n) is 10.9. The minimum atomic E-state index is -0.448. The number of amides is 3. The Labute approximate surface area is 186 Å². The molecule has 2 N–H and O–H groups in total. The largest absolute Gasteiger partial charge is 0.325 e. The van der Waals surface area contributed by atoms with E-state index in [1.165, 1.54) is 0 Å². The zero-order valence-electron chi connectivity index (χ0n) is 18.3. The van der Waals surface area contributed by atoms with Gasteiger partial charge in [-0.3, -0.25) is 9.59 Å². The third-order valence-corrected chi connectivity index (χ3v) is 6.94. The Kier molecular flexibility index (Phi) is 4.77. The number of aromatic nitrogens is 1. The molecule has 1 aromatic heterocycles. The number of rotatable bonds is 1. The van der Waals surface area contributed by atoms with E-state index in [1.54, 1.807) is 23.4 Å². The van der Waals surface area contributed by atoms with E-state index in [2.05, 4.69) is 16.7 Å². The zero-order chi connectivity index (χ0) is 22.5. The number of piperidine rings is 1. The van der Waals surface area contributed by atoms with Crippen LogP contribution in [0.1, 0.15) is 24.0 Å². The maximum absolute atomic E-state index is 12.9. The van der Waals surface area contributed by atoms with E-state index in [4.69, 9.17) is 0 Å². The summed E-state index contributed by atoms with van der Waals surface area (Å²) >= 11 is 0. The van der Waals surface area contributed by atoms with Gasteiger partial charge in [-0.2, -0.15) is 0 Å². The van der Waals surface area contributed by atoms with Crippen LogP contribution >= 0.6 is 0 Å². The Bertz CT molecular complexity index is 1300. The second-order valence-electron chi connectivity index (χ2n) is 8.95. The molecule has 0 radical (unpaired) electrons. The van der Waals surface area contributed by atoms with E-state index in [1.807, 2.05) is 42.5 Å². The molecule has 2 aliphatic rings. The zero-order valence-corrected chi connectivity index (χ0v) is 18.3. The van der Waals surface area contributed by atoms with E-state index < -0.39 is 5.41 Å². The number of likely N-dealkylation sites (tertiary alicyclic amines) is 1. The number of anilines is 2. The summed E-state index contributed by atoms with van der Waals surface area (Å²) in [4.78, 5) is 39.7. The number of nitrogens with one attached hydrogen (secondary N) is 2. The van der Waals surface area contributed by atoms with Gasteiger partial charge in [-0.15, -0.1) is 0 Å². The average Bonchev–Trinajstić information content (AvgIpc) is 2.79. The van der Waals surface area contributed by atoms with Crippen LogP contribution in [0.5, 0.6) is 0 Å². The van der Waals surface area contributed by atoms with Gasteiger partial charge in [-0.1, -0.05) is 18.2 Å². The molecule has 3 aromatic rings. The van der Waals surface area contributed by atoms with Gasteiger partial charge >= 0.3 is 6.03 Å². The third kappa shape index (κ3) is 3.34. The van der Waals surface area contributed by atoms with Gasteiger partial charge in [0.25, 0.3) is 5.56 Å². The number of benzene rings is 2. The maximum Gasteiger partial charge on any atom is 0.321 e. The Morgan fingerprint density at radius 2 is 1.81 bits per heavy atom. The number of pyridine rings is 1. The fourth-order valence-electron chi connectivity index (χ4n) is 4.96. The predicted molar refractivity (Wildman–Crippen MR) is 125 cm³/mol. The monoisotopic (exact) mass is 430 g/mol. The number of carbonyl (C=O) groups excluding carboxylic acids is 2. The first-order valence-corrected chi connectivity index (χ1v) is 10.9. The van der Waals surface area contributed by atoms with Gasteiger partial charge in [0, 0.05) is 42.5 Å². The smallest absolute Gasteiger partial charge is 0.321 e. The highest BCUT2D eigenvalue weighted by molar-refractivity contribution is 5.99. The highest BCUT2D eigenvalue weighted by Gasteiger charge is 2.45. The molecule has 0 bridgehead atoms. The SMILES string of the molecule is Cc1cc2cc(NC(=O)N3CCC4(CC3)Cc3ccccc3NC4=O)ccc2n(C)c1=O. The van der Waals surface area contributed by atoms with Crippen LogP contribution in [-0.2, 0) is 18.3 Å². The summed E-state index contributed by atoms with van der Waals surface area (Å²) in [5.41, 5.74) is 3.75. The topological polar surface area (TPSA) is 83.4 Å². The van der Waals surface area contributed by atoms with E-state index in [0.29, 0.717) is 43.6 Å². The van der Waals surface area contributed by atoms with Crippen molar-refractivity contribution in [3.63, 3.8) is 0 Å². The van der Waals surface area contributed by atoms with Crippen LogP contribution in [0.15, 0.2) is 53.3 Å². The van der Waals surface area contributed by atoms with E-state index in [-0.39, 0.29) is 17.5 Å². The molecule has 5 rings (SSSR count). The number of hydrogen-bond donors (Lipinski definition) is 2. The van der Waals surface area contributed by atoms with Crippen molar-refractivity contribution in [2.45, 2.75) is 26.2 Å². The number of para-hydroxylation sites is 1. The fraction of sp³-hybridized carbons (Fsp3) is 0.320. The first-order chi connectivity index (χ1) is 15.4. The molecule has 2 aromatic carbocycles. The molecule has 1 saturated heterocycles. The first kappa shape index (κ1) is 20.3. The van der Waals surface area contributed by atoms with Crippen LogP contribution in [0.4, 0.5) is 16.2 Å². The van der Waals surface area contributed by atoms with Gasteiger partial charge in [0.1, 0.15) is 0 Å². The second kappa shape index (κ2) is 7.51. The van der Waals surface area contributed by atoms with E-state index in [9.17, 15) is 14.4 Å². The highest BCUT2D eigenvalue weighted by Crippen LogP contribution is 2.41. The Balaban J connectivity index is 1.29. The van der Waals surface area contributed by atoms with Crippen LogP contribution in [0.3, 0.4) is 0 Å². The molecule has 0 atom stereocenters. The van der Waals surface area contributed by atoms with Crippen molar-refractivity contribution in [3.05, 3.63) is 70.0 Å². The van der Waals surface area contributed by atoms with Gasteiger partial charge < -0.3 is 20.1 Å². The Morgan fingerprint density at radius 1 is 1.06 bits per heavy atom. The van der Waals surface area contributed by atoms with Crippen molar-refractivity contribution < 1.29 is 9.59 Å². The molecule has 0 saturated carbocycles. The lowest BCUT2D eigenvalue weighted by Gasteiger charge is -2.43. The number of carbonyl (C=O) groups is 2. The number of fused-ring (bicyclic) bond motifs is 2. The molecule has 32 heavy (non-hydrogen) atoms. The highest BCUT2D eigenvalue weighted by atomic mass is 16.2. The summed E-state index contributed by atoms with van der Waals surface area (Å²) in [6, 6.07) is 15.1. The molecule has 1 fully saturated rings. The molecule has 7 nitrogen and oxygen atoms in total. The van der Waals surface area contributed by atoms with Crippen molar-refractivity contribution >= 4 is 34.2 Å². The lowest BCUT2D eigenvalue weighted by Crippen LogP contribution is -2.51. The van der Waals surface area contributed by atoms with Crippen LogP contribution in [0.2, 0.25) is 0 Å². The summed E-state index contributed by atoms with van der Waals surface area (Å²) in [6.45, 7) is 2.85. The van der Waals surface area contributed by atoms with Crippen molar-refractivity contribution in [2.24, 2.45) is 12.5 Å². The van der Waals surface area contributed by atoms with Crippen LogP contribution in [0, 0.1) is 12.3 Å². The number of aryl methyl sites for hydroxylation is 2. The molecule has 164 valence electrons. The Hall–Kier alpha value is -3.61. The Morgan fingerprint density at radius 3 is 2.59 bits per heavy atom. The normalized spacial score (nSPS) is 17.2. The molecule has 2 aliphatic heterocycles. The predicted octanol–water partition coefficient (Wildman–Crippen LogP) is 3.66. The maximum atomic E-state index is 12.9. The number of urea groups is 1. The number of nitrogens with zero attached hydrogens (tertiary/aromatic N) is 2. The molecule has 0 aliphatic carbocycles. The molecule has 1 spiro atoms. The lowest BCUT2D eigenvalue weighted by molar-refractivity contribution is -0.128. The van der Waals surface area contributed by atoms with Gasteiger partial charge in [0.15, 0.2) is 0 Å². The van der Waals surface area contributed by atoms with Gasteiger partial charge in [-0.25, -0.2) is 4.79 Å². The van der Waals surface area contributed by atoms with Crippen molar-refractivity contribution in [1.29, 1.82) is 0 Å². The summed E-state index contributed by atoms with van der Waals surface area (Å²) < 4.78 is 1.62. The minimum Gasteiger partial charge on any atom is -0.325 e. The molecular weight excluding hydrogens is 404 g/mol. The fourth-order valence-corrected chi connectivity index (χ4v) is 4.96. The van der Waals surface area contributed by atoms with Crippen LogP contribution < -0.4 is 16.2 Å². The molecule has 0 unspecified atom stereocenters. The minimum absolute atomic E-state index is 0.0223. The summed E-state index contributed by atoms with van der Waals surface area (Å²) in [7, 11) is 1.75. The van der Waals surface area contributed by atoms with Crippen molar-refractivity contribution in [2.75, 3.05) is 23.7 Å². The van der Waals surface area contributed by atoms with Crippen LogP contribution in [-0.4, -0.2) is 34.5 Å². The van der Waals surface area contributed by atoms with Crippen molar-refractivity contribution in [3.8, 4) is 0 Å². The van der Waals surface area contributed by atoms with E-state index >= 15 is 0 Å². The van der Waals surface area contributed by atoms with E-state index in [0.717, 1.165) is 22.2 Å². The quantitative estimate of drug-likeness (QED) is 0.618.